The van der Waals surface area contributed by atoms with E-state index < -0.39 is 0 Å². The zero-order valence-corrected chi connectivity index (χ0v) is 11.2. The number of halogens is 1. The van der Waals surface area contributed by atoms with Gasteiger partial charge in [0.25, 0.3) is 0 Å². The van der Waals surface area contributed by atoms with Crippen LogP contribution in [-0.4, -0.2) is 43.5 Å². The first-order valence-electron chi connectivity index (χ1n) is 6.12. The van der Waals surface area contributed by atoms with Crippen molar-refractivity contribution in [2.75, 3.05) is 32.0 Å². The minimum atomic E-state index is -0.0301. The van der Waals surface area contributed by atoms with Gasteiger partial charge >= 0.3 is 0 Å². The molecule has 1 unspecified atom stereocenters. The lowest BCUT2D eigenvalue weighted by Crippen LogP contribution is -2.39. The summed E-state index contributed by atoms with van der Waals surface area (Å²) in [6.07, 6.45) is 1.09. The second-order valence-electron chi connectivity index (χ2n) is 4.59. The number of rotatable bonds is 4. The lowest BCUT2D eigenvalue weighted by molar-refractivity contribution is -0.117. The van der Waals surface area contributed by atoms with Crippen molar-refractivity contribution in [1.82, 2.24) is 10.2 Å². The molecular formula is C13H18ClN3O. The highest BCUT2D eigenvalue weighted by molar-refractivity contribution is 6.33. The summed E-state index contributed by atoms with van der Waals surface area (Å²) in [6.45, 7) is 2.37. The van der Waals surface area contributed by atoms with E-state index in [1.807, 2.05) is 19.2 Å². The molecule has 1 amide bonds. The molecule has 1 aliphatic rings. The van der Waals surface area contributed by atoms with E-state index in [1.165, 1.54) is 0 Å². The first-order chi connectivity index (χ1) is 8.66. The number of amides is 1. The van der Waals surface area contributed by atoms with E-state index in [4.69, 9.17) is 11.6 Å². The summed E-state index contributed by atoms with van der Waals surface area (Å²) >= 11 is 5.99. The number of hydrogen-bond acceptors (Lipinski definition) is 3. The number of benzene rings is 1. The zero-order valence-electron chi connectivity index (χ0n) is 10.4. The van der Waals surface area contributed by atoms with Crippen LogP contribution >= 0.6 is 11.6 Å². The van der Waals surface area contributed by atoms with Gasteiger partial charge in [-0.1, -0.05) is 23.7 Å². The Morgan fingerprint density at radius 1 is 1.56 bits per heavy atom. The standard InChI is InChI=1S/C13H18ClN3O/c1-17(10-6-7-15-8-10)9-13(18)16-12-5-3-2-4-11(12)14/h2-5,10,15H,6-9H2,1H3,(H,16,18). The topological polar surface area (TPSA) is 44.4 Å². The molecule has 1 aromatic rings. The van der Waals surface area contributed by atoms with E-state index in [0.29, 0.717) is 23.3 Å². The van der Waals surface area contributed by atoms with Crippen molar-refractivity contribution in [1.29, 1.82) is 0 Å². The summed E-state index contributed by atoms with van der Waals surface area (Å²) < 4.78 is 0. The van der Waals surface area contributed by atoms with Crippen LogP contribution < -0.4 is 10.6 Å². The van der Waals surface area contributed by atoms with E-state index in [1.54, 1.807) is 12.1 Å². The Hall–Kier alpha value is -1.10. The van der Waals surface area contributed by atoms with Crippen LogP contribution in [0.25, 0.3) is 0 Å². The molecule has 0 saturated carbocycles. The maximum atomic E-state index is 11.9. The SMILES string of the molecule is CN(CC(=O)Nc1ccccc1Cl)C1CCNC1. The summed E-state index contributed by atoms with van der Waals surface area (Å²) in [4.78, 5) is 14.0. The second kappa shape index (κ2) is 6.18. The van der Waals surface area contributed by atoms with Crippen LogP contribution in [0.5, 0.6) is 0 Å². The molecule has 2 N–H and O–H groups in total. The highest BCUT2D eigenvalue weighted by Crippen LogP contribution is 2.20. The van der Waals surface area contributed by atoms with Crippen LogP contribution in [0.3, 0.4) is 0 Å². The Labute approximate surface area is 112 Å². The highest BCUT2D eigenvalue weighted by atomic mass is 35.5. The molecule has 98 valence electrons. The van der Waals surface area contributed by atoms with Crippen LogP contribution in [0.2, 0.25) is 5.02 Å². The Kier molecular flexibility index (Phi) is 4.58. The number of carbonyl (C=O) groups is 1. The fourth-order valence-electron chi connectivity index (χ4n) is 2.12. The number of para-hydroxylation sites is 1. The van der Waals surface area contributed by atoms with Crippen molar-refractivity contribution >= 4 is 23.2 Å². The largest absolute Gasteiger partial charge is 0.324 e. The van der Waals surface area contributed by atoms with Crippen molar-refractivity contribution in [3.8, 4) is 0 Å². The molecule has 0 radical (unpaired) electrons. The fraction of sp³-hybridized carbons (Fsp3) is 0.462. The summed E-state index contributed by atoms with van der Waals surface area (Å²) in [5, 5.41) is 6.69. The first-order valence-corrected chi connectivity index (χ1v) is 6.50. The number of likely N-dealkylation sites (N-methyl/N-ethyl adjacent to an activating group) is 1. The van der Waals surface area contributed by atoms with E-state index in [9.17, 15) is 4.79 Å². The van der Waals surface area contributed by atoms with Gasteiger partial charge in [-0.05, 0) is 32.1 Å². The van der Waals surface area contributed by atoms with Crippen molar-refractivity contribution in [2.45, 2.75) is 12.5 Å². The summed E-state index contributed by atoms with van der Waals surface area (Å²) in [5.41, 5.74) is 0.669. The van der Waals surface area contributed by atoms with Crippen LogP contribution in [0.15, 0.2) is 24.3 Å². The predicted molar refractivity (Wildman–Crippen MR) is 74.0 cm³/mol. The minimum Gasteiger partial charge on any atom is -0.324 e. The number of carbonyl (C=O) groups excluding carboxylic acids is 1. The number of nitrogens with zero attached hydrogens (tertiary/aromatic N) is 1. The molecule has 1 atom stereocenters. The Morgan fingerprint density at radius 3 is 3.00 bits per heavy atom. The molecule has 0 aromatic heterocycles. The van der Waals surface area contributed by atoms with Gasteiger partial charge in [0.15, 0.2) is 0 Å². The van der Waals surface area contributed by atoms with Crippen LogP contribution in [0.1, 0.15) is 6.42 Å². The van der Waals surface area contributed by atoms with Gasteiger partial charge in [0, 0.05) is 12.6 Å². The van der Waals surface area contributed by atoms with E-state index in [-0.39, 0.29) is 5.91 Å². The molecule has 2 rings (SSSR count). The monoisotopic (exact) mass is 267 g/mol. The van der Waals surface area contributed by atoms with Gasteiger partial charge in [0.05, 0.1) is 17.3 Å². The molecule has 1 fully saturated rings. The number of hydrogen-bond donors (Lipinski definition) is 2. The molecule has 1 aromatic carbocycles. The van der Waals surface area contributed by atoms with E-state index in [2.05, 4.69) is 15.5 Å². The average molecular weight is 268 g/mol. The maximum Gasteiger partial charge on any atom is 0.238 e. The molecule has 1 aliphatic heterocycles. The normalized spacial score (nSPS) is 19.2. The van der Waals surface area contributed by atoms with Gasteiger partial charge in [-0.25, -0.2) is 0 Å². The van der Waals surface area contributed by atoms with E-state index >= 15 is 0 Å². The molecule has 18 heavy (non-hydrogen) atoms. The van der Waals surface area contributed by atoms with Crippen LogP contribution in [0, 0.1) is 0 Å². The van der Waals surface area contributed by atoms with Gasteiger partial charge in [-0.3, -0.25) is 9.69 Å². The quantitative estimate of drug-likeness (QED) is 0.871. The Balaban J connectivity index is 1.86. The smallest absolute Gasteiger partial charge is 0.238 e. The molecular weight excluding hydrogens is 250 g/mol. The van der Waals surface area contributed by atoms with Crippen molar-refractivity contribution in [3.63, 3.8) is 0 Å². The highest BCUT2D eigenvalue weighted by Gasteiger charge is 2.20. The second-order valence-corrected chi connectivity index (χ2v) is 5.00. The third-order valence-electron chi connectivity index (χ3n) is 3.20. The lowest BCUT2D eigenvalue weighted by atomic mass is 10.2. The predicted octanol–water partition coefficient (Wildman–Crippen LogP) is 1.57. The third-order valence-corrected chi connectivity index (χ3v) is 3.53. The molecule has 0 spiro atoms. The van der Waals surface area contributed by atoms with Gasteiger partial charge in [0.2, 0.25) is 5.91 Å². The minimum absolute atomic E-state index is 0.0301. The van der Waals surface area contributed by atoms with Crippen LogP contribution in [0.4, 0.5) is 5.69 Å². The molecule has 5 heteroatoms. The average Bonchev–Trinajstić information content (AvgIpc) is 2.85. The lowest BCUT2D eigenvalue weighted by Gasteiger charge is -2.22. The number of nitrogens with one attached hydrogen (secondary N) is 2. The first kappa shape index (κ1) is 13.3. The Bertz CT molecular complexity index is 418. The third kappa shape index (κ3) is 3.45. The van der Waals surface area contributed by atoms with Gasteiger partial charge < -0.3 is 10.6 Å². The Morgan fingerprint density at radius 2 is 2.33 bits per heavy atom. The maximum absolute atomic E-state index is 11.9. The molecule has 0 aliphatic carbocycles. The zero-order chi connectivity index (χ0) is 13.0. The molecule has 1 saturated heterocycles. The van der Waals surface area contributed by atoms with Crippen molar-refractivity contribution in [3.05, 3.63) is 29.3 Å². The van der Waals surface area contributed by atoms with Gasteiger partial charge in [0.1, 0.15) is 0 Å². The van der Waals surface area contributed by atoms with Gasteiger partial charge in [-0.15, -0.1) is 0 Å². The van der Waals surface area contributed by atoms with Crippen molar-refractivity contribution < 1.29 is 4.79 Å². The molecule has 0 bridgehead atoms. The summed E-state index contributed by atoms with van der Waals surface area (Å²) in [6, 6.07) is 7.71. The van der Waals surface area contributed by atoms with Crippen LogP contribution in [-0.2, 0) is 4.79 Å². The molecule has 1 heterocycles. The van der Waals surface area contributed by atoms with E-state index in [0.717, 1.165) is 19.5 Å². The fourth-order valence-corrected chi connectivity index (χ4v) is 2.31. The van der Waals surface area contributed by atoms with Gasteiger partial charge in [-0.2, -0.15) is 0 Å². The summed E-state index contributed by atoms with van der Waals surface area (Å²) in [7, 11) is 1.98. The van der Waals surface area contributed by atoms with Crippen molar-refractivity contribution in [2.24, 2.45) is 0 Å². The summed E-state index contributed by atoms with van der Waals surface area (Å²) in [5.74, 6) is -0.0301. The number of anilines is 1. The molecule has 4 nitrogen and oxygen atoms in total.